The first-order chi connectivity index (χ1) is 28.8. The third kappa shape index (κ3) is 12.2. The van der Waals surface area contributed by atoms with Crippen molar-refractivity contribution in [2.45, 2.75) is 65.8 Å². The fourth-order valence-electron chi connectivity index (χ4n) is 6.43. The number of aromatic nitrogens is 3. The van der Waals surface area contributed by atoms with Gasteiger partial charge in [0.05, 0.1) is 19.8 Å². The van der Waals surface area contributed by atoms with Crippen LogP contribution in [-0.4, -0.2) is 65.6 Å². The average Bonchev–Trinajstić information content (AvgIpc) is 3.84. The highest BCUT2D eigenvalue weighted by atomic mass is 32.2. The van der Waals surface area contributed by atoms with Crippen LogP contribution in [0, 0.1) is 18.8 Å². The van der Waals surface area contributed by atoms with Crippen LogP contribution in [0.2, 0.25) is 0 Å². The Balaban J connectivity index is 0.00000326. The second-order valence-electron chi connectivity index (χ2n) is 13.6. The Bertz CT molecular complexity index is 2350. The van der Waals surface area contributed by atoms with E-state index >= 15 is 0 Å². The molecule has 12 nitrogen and oxygen atoms in total. The Hall–Kier alpha value is -5.14. The molecular formula is C45H58N10O2S2. The number of nitrogens with zero attached hydrogens (tertiary/aromatic N) is 4. The van der Waals surface area contributed by atoms with Gasteiger partial charge >= 0.3 is 0 Å². The third-order valence-corrected chi connectivity index (χ3v) is 11.4. The molecule has 0 atom stereocenters. The summed E-state index contributed by atoms with van der Waals surface area (Å²) in [5, 5.41) is 16.3. The lowest BCUT2D eigenvalue weighted by Gasteiger charge is -2.21. The molecule has 0 fully saturated rings. The minimum Gasteiger partial charge on any atom is -0.393 e. The lowest BCUT2D eigenvalue weighted by Crippen LogP contribution is -2.32. The number of carbonyl (C=O) groups excluding carboxylic acids is 1. The first-order valence-corrected chi connectivity index (χ1v) is 22.2. The molecule has 0 bridgehead atoms. The number of aryl methyl sites for hydroxylation is 2. The highest BCUT2D eigenvalue weighted by Gasteiger charge is 2.17. The minimum atomic E-state index is -0.360. The fraction of sp³-hybridized carbons (Fsp3) is 0.356. The van der Waals surface area contributed by atoms with Crippen molar-refractivity contribution in [3.05, 3.63) is 94.4 Å². The molecule has 6 rings (SSSR count). The van der Waals surface area contributed by atoms with Crippen molar-refractivity contribution in [2.24, 2.45) is 11.6 Å². The molecule has 0 aliphatic heterocycles. The molecule has 14 heteroatoms. The van der Waals surface area contributed by atoms with Crippen LogP contribution in [0.25, 0.3) is 32.2 Å². The molecule has 0 saturated carbocycles. The zero-order valence-electron chi connectivity index (χ0n) is 34.9. The van der Waals surface area contributed by atoms with Crippen LogP contribution in [0.15, 0.2) is 77.3 Å². The van der Waals surface area contributed by atoms with Gasteiger partial charge in [-0.1, -0.05) is 68.8 Å². The Morgan fingerprint density at radius 2 is 1.73 bits per heavy atom. The SMILES string of the molecule is CC.CCCSc1nc(NCCN)c(N)c(N(N)Cc2ccc(C#CC(=O)NCCOCCNCc3ccc4c(c3)c3ccc(-c5cc(C)cs5)cc3n4CC)cc2)n1. The van der Waals surface area contributed by atoms with Gasteiger partial charge < -0.3 is 36.7 Å². The Morgan fingerprint density at radius 1 is 0.949 bits per heavy atom. The average molecular weight is 835 g/mol. The minimum absolute atomic E-state index is 0.359. The van der Waals surface area contributed by atoms with E-state index < -0.39 is 0 Å². The lowest BCUT2D eigenvalue weighted by molar-refractivity contribution is -0.115. The first kappa shape index (κ1) is 45.0. The number of amides is 1. The first-order valence-electron chi connectivity index (χ1n) is 20.3. The molecule has 9 N–H and O–H groups in total. The summed E-state index contributed by atoms with van der Waals surface area (Å²) in [6, 6.07) is 23.3. The quantitative estimate of drug-likeness (QED) is 0.0121. The van der Waals surface area contributed by atoms with Gasteiger partial charge in [0, 0.05) is 83.2 Å². The summed E-state index contributed by atoms with van der Waals surface area (Å²) in [5.41, 5.74) is 20.4. The second kappa shape index (κ2) is 22.9. The zero-order valence-corrected chi connectivity index (χ0v) is 36.5. The molecule has 3 aromatic carbocycles. The molecule has 3 aromatic heterocycles. The molecule has 0 aliphatic rings. The van der Waals surface area contributed by atoms with Gasteiger partial charge in [0.1, 0.15) is 5.69 Å². The number of thiophene rings is 1. The molecule has 3 heterocycles. The predicted molar refractivity (Wildman–Crippen MR) is 249 cm³/mol. The maximum absolute atomic E-state index is 12.4. The number of nitrogens with two attached hydrogens (primary N) is 3. The van der Waals surface area contributed by atoms with Crippen LogP contribution < -0.4 is 38.3 Å². The van der Waals surface area contributed by atoms with Crippen molar-refractivity contribution < 1.29 is 9.53 Å². The number of hydrogen-bond acceptors (Lipinski definition) is 12. The molecule has 312 valence electrons. The van der Waals surface area contributed by atoms with Crippen molar-refractivity contribution in [3.8, 4) is 22.3 Å². The summed E-state index contributed by atoms with van der Waals surface area (Å²) in [4.78, 5) is 22.8. The molecule has 0 spiro atoms. The van der Waals surface area contributed by atoms with Crippen LogP contribution in [-0.2, 0) is 29.2 Å². The summed E-state index contributed by atoms with van der Waals surface area (Å²) in [5.74, 6) is 13.5. The molecule has 1 amide bonds. The van der Waals surface area contributed by atoms with E-state index in [0.29, 0.717) is 74.0 Å². The van der Waals surface area contributed by atoms with E-state index in [1.54, 1.807) is 23.1 Å². The number of hydrogen-bond donors (Lipinski definition) is 6. The summed E-state index contributed by atoms with van der Waals surface area (Å²) < 4.78 is 8.15. The molecule has 0 unspecified atom stereocenters. The van der Waals surface area contributed by atoms with Crippen molar-refractivity contribution in [2.75, 3.05) is 61.2 Å². The second-order valence-corrected chi connectivity index (χ2v) is 15.6. The predicted octanol–water partition coefficient (Wildman–Crippen LogP) is 7.28. The fourth-order valence-corrected chi connectivity index (χ4v) is 8.02. The maximum atomic E-state index is 12.4. The van der Waals surface area contributed by atoms with E-state index in [1.807, 2.05) is 38.1 Å². The van der Waals surface area contributed by atoms with Crippen LogP contribution in [0.4, 0.5) is 17.3 Å². The monoisotopic (exact) mass is 834 g/mol. The normalized spacial score (nSPS) is 10.9. The van der Waals surface area contributed by atoms with Gasteiger partial charge in [-0.25, -0.2) is 15.8 Å². The molecular weight excluding hydrogens is 777 g/mol. The highest BCUT2D eigenvalue weighted by molar-refractivity contribution is 7.99. The molecule has 6 aromatic rings. The summed E-state index contributed by atoms with van der Waals surface area (Å²) in [6.07, 6.45) is 0.986. The molecule has 0 radical (unpaired) electrons. The van der Waals surface area contributed by atoms with E-state index in [9.17, 15) is 4.79 Å². The third-order valence-electron chi connectivity index (χ3n) is 9.22. The van der Waals surface area contributed by atoms with Crippen molar-refractivity contribution >= 4 is 68.1 Å². The number of thioether (sulfide) groups is 1. The summed E-state index contributed by atoms with van der Waals surface area (Å²) in [6.45, 7) is 15.4. The molecule has 0 aliphatic carbocycles. The van der Waals surface area contributed by atoms with Gasteiger partial charge in [-0.15, -0.1) is 11.3 Å². The van der Waals surface area contributed by atoms with E-state index in [0.717, 1.165) is 30.8 Å². The highest BCUT2D eigenvalue weighted by Crippen LogP contribution is 2.35. The van der Waals surface area contributed by atoms with Gasteiger partial charge in [0.2, 0.25) is 0 Å². The number of carbonyl (C=O) groups is 1. The number of nitrogens with one attached hydrogen (secondary N) is 3. The number of nitrogen functional groups attached to an aromatic ring is 1. The smallest absolute Gasteiger partial charge is 0.296 e. The Labute approximate surface area is 356 Å². The van der Waals surface area contributed by atoms with E-state index in [1.165, 1.54) is 48.4 Å². The van der Waals surface area contributed by atoms with Gasteiger partial charge in [-0.3, -0.25) is 9.80 Å². The number of anilines is 3. The van der Waals surface area contributed by atoms with Crippen LogP contribution in [0.3, 0.4) is 0 Å². The Kier molecular flexibility index (Phi) is 17.4. The van der Waals surface area contributed by atoms with E-state index in [4.69, 9.17) is 22.0 Å². The molecule has 0 saturated heterocycles. The van der Waals surface area contributed by atoms with Gasteiger partial charge in [0.25, 0.3) is 5.91 Å². The van der Waals surface area contributed by atoms with Gasteiger partial charge in [-0.05, 0) is 84.3 Å². The van der Waals surface area contributed by atoms with E-state index in [-0.39, 0.29) is 5.91 Å². The lowest BCUT2D eigenvalue weighted by atomic mass is 10.1. The zero-order chi connectivity index (χ0) is 42.1. The van der Waals surface area contributed by atoms with Crippen LogP contribution in [0.1, 0.15) is 56.4 Å². The standard InChI is InChI=1S/C43H52N10O2S2.C2H6/c1-4-22-56-43-50-41(49-17-16-44)40(45)42(51-43)53(46)27-31-8-6-30(7-9-31)11-15-39(54)48-19-21-55-20-18-47-26-32-10-14-36-35(24-32)34-13-12-33(25-37(34)52(36)5-2)38-23-29(3)28-57-38;1-2/h6-10,12-14,23-25,28,47H,4-5,16-22,26-27,44-46H2,1-3H3,(H,48,54)(H,49,50,51);1-2H3. The van der Waals surface area contributed by atoms with Crippen molar-refractivity contribution in [1.82, 2.24) is 25.2 Å². The summed E-state index contributed by atoms with van der Waals surface area (Å²) >= 11 is 3.34. The van der Waals surface area contributed by atoms with Crippen LogP contribution >= 0.6 is 23.1 Å². The number of hydrazine groups is 1. The number of ether oxygens (including phenoxy) is 1. The Morgan fingerprint density at radius 3 is 2.46 bits per heavy atom. The maximum Gasteiger partial charge on any atom is 0.296 e. The van der Waals surface area contributed by atoms with Crippen LogP contribution in [0.5, 0.6) is 0 Å². The van der Waals surface area contributed by atoms with Crippen molar-refractivity contribution in [1.29, 1.82) is 0 Å². The van der Waals surface area contributed by atoms with Crippen molar-refractivity contribution in [3.63, 3.8) is 0 Å². The topological polar surface area (TPSA) is 174 Å². The summed E-state index contributed by atoms with van der Waals surface area (Å²) in [7, 11) is 0. The molecule has 59 heavy (non-hydrogen) atoms. The largest absolute Gasteiger partial charge is 0.393 e. The number of rotatable bonds is 19. The van der Waals surface area contributed by atoms with Gasteiger partial charge in [-0.2, -0.15) is 0 Å². The number of benzene rings is 3. The number of fused-ring (bicyclic) bond motifs is 3. The van der Waals surface area contributed by atoms with E-state index in [2.05, 4.69) is 111 Å². The van der Waals surface area contributed by atoms with Gasteiger partial charge in [0.15, 0.2) is 16.8 Å².